The molecule has 4 aromatic rings. The number of aromatic nitrogens is 2. The van der Waals surface area contributed by atoms with Crippen molar-refractivity contribution in [2.45, 2.75) is 33.1 Å². The van der Waals surface area contributed by atoms with Crippen LogP contribution in [0.2, 0.25) is 0 Å². The van der Waals surface area contributed by atoms with Gasteiger partial charge in [0, 0.05) is 16.6 Å². The van der Waals surface area contributed by atoms with Gasteiger partial charge in [-0.15, -0.1) is 11.3 Å². The van der Waals surface area contributed by atoms with E-state index in [9.17, 15) is 0 Å². The minimum atomic E-state index is 0.439. The van der Waals surface area contributed by atoms with Crippen molar-refractivity contribution in [3.63, 3.8) is 0 Å². The zero-order valence-corrected chi connectivity index (χ0v) is 16.7. The molecule has 0 aliphatic rings. The Hall–Kier alpha value is -2.72. The molecule has 0 radical (unpaired) electrons. The Bertz CT molecular complexity index is 1060. The fourth-order valence-corrected chi connectivity index (χ4v) is 4.26. The van der Waals surface area contributed by atoms with E-state index in [4.69, 9.17) is 0 Å². The first-order chi connectivity index (χ1) is 13.2. The molecule has 0 amide bonds. The first-order valence-electron chi connectivity index (χ1n) is 9.34. The van der Waals surface area contributed by atoms with Crippen LogP contribution in [0.15, 0.2) is 60.2 Å². The van der Waals surface area contributed by atoms with E-state index < -0.39 is 0 Å². The van der Waals surface area contributed by atoms with Gasteiger partial charge in [0.15, 0.2) is 0 Å². The first kappa shape index (κ1) is 17.7. The van der Waals surface area contributed by atoms with Crippen LogP contribution in [-0.2, 0) is 6.42 Å². The second kappa shape index (κ2) is 7.49. The lowest BCUT2D eigenvalue weighted by Crippen LogP contribution is -2.00. The molecule has 27 heavy (non-hydrogen) atoms. The van der Waals surface area contributed by atoms with Gasteiger partial charge in [0.25, 0.3) is 0 Å². The van der Waals surface area contributed by atoms with Gasteiger partial charge >= 0.3 is 0 Å². The predicted molar refractivity (Wildman–Crippen MR) is 116 cm³/mol. The monoisotopic (exact) mass is 373 g/mol. The average Bonchev–Trinajstić information content (AvgIpc) is 3.13. The standard InChI is InChI=1S/C23H23N3S/c1-4-16-9-11-17(12-10-16)19-13-27-23-21(19)22(24-14-25-23)26-20-8-6-5-7-18(20)15(2)3/h5-15H,4H2,1-3H3,(H,24,25,26). The molecule has 2 aromatic carbocycles. The third-order valence-corrected chi connectivity index (χ3v) is 5.77. The Labute approximate surface area is 164 Å². The van der Waals surface area contributed by atoms with Crippen LogP contribution in [0.1, 0.15) is 37.8 Å². The average molecular weight is 374 g/mol. The summed E-state index contributed by atoms with van der Waals surface area (Å²) in [5, 5.41) is 6.84. The van der Waals surface area contributed by atoms with Crippen molar-refractivity contribution >= 4 is 33.1 Å². The van der Waals surface area contributed by atoms with E-state index in [0.29, 0.717) is 5.92 Å². The van der Waals surface area contributed by atoms with Gasteiger partial charge in [-0.1, -0.05) is 63.2 Å². The van der Waals surface area contributed by atoms with Crippen molar-refractivity contribution in [2.75, 3.05) is 5.32 Å². The number of nitrogens with zero attached hydrogens (tertiary/aromatic N) is 2. The zero-order valence-electron chi connectivity index (χ0n) is 15.9. The van der Waals surface area contributed by atoms with E-state index in [1.54, 1.807) is 17.7 Å². The molecule has 0 spiro atoms. The van der Waals surface area contributed by atoms with Crippen LogP contribution in [0.25, 0.3) is 21.3 Å². The van der Waals surface area contributed by atoms with Crippen LogP contribution in [0.4, 0.5) is 11.5 Å². The normalized spacial score (nSPS) is 11.3. The molecule has 0 aliphatic carbocycles. The highest BCUT2D eigenvalue weighted by atomic mass is 32.1. The number of para-hydroxylation sites is 1. The highest BCUT2D eigenvalue weighted by Gasteiger charge is 2.15. The van der Waals surface area contributed by atoms with Crippen LogP contribution in [-0.4, -0.2) is 9.97 Å². The van der Waals surface area contributed by atoms with Crippen molar-refractivity contribution in [3.05, 3.63) is 71.4 Å². The summed E-state index contributed by atoms with van der Waals surface area (Å²) in [5.74, 6) is 1.30. The van der Waals surface area contributed by atoms with E-state index in [-0.39, 0.29) is 0 Å². The van der Waals surface area contributed by atoms with Gasteiger partial charge in [0.1, 0.15) is 17.0 Å². The van der Waals surface area contributed by atoms with Gasteiger partial charge < -0.3 is 5.32 Å². The molecule has 0 unspecified atom stereocenters. The molecule has 136 valence electrons. The topological polar surface area (TPSA) is 37.8 Å². The highest BCUT2D eigenvalue weighted by molar-refractivity contribution is 7.17. The van der Waals surface area contributed by atoms with Crippen LogP contribution >= 0.6 is 11.3 Å². The van der Waals surface area contributed by atoms with Crippen LogP contribution < -0.4 is 5.32 Å². The Morgan fingerprint density at radius 2 is 1.78 bits per heavy atom. The number of anilines is 2. The van der Waals surface area contributed by atoms with Gasteiger partial charge in [0.05, 0.1) is 5.39 Å². The first-order valence-corrected chi connectivity index (χ1v) is 10.2. The van der Waals surface area contributed by atoms with Gasteiger partial charge in [-0.25, -0.2) is 9.97 Å². The third-order valence-electron chi connectivity index (χ3n) is 4.88. The number of fused-ring (bicyclic) bond motifs is 1. The molecule has 0 atom stereocenters. The smallest absolute Gasteiger partial charge is 0.143 e. The fraction of sp³-hybridized carbons (Fsp3) is 0.217. The van der Waals surface area contributed by atoms with Crippen molar-refractivity contribution in [1.29, 1.82) is 0 Å². The number of thiophene rings is 1. The second-order valence-electron chi connectivity index (χ2n) is 6.97. The second-order valence-corrected chi connectivity index (χ2v) is 7.83. The van der Waals surface area contributed by atoms with Crippen LogP contribution in [0.5, 0.6) is 0 Å². The Kier molecular flexibility index (Phi) is 4.90. The lowest BCUT2D eigenvalue weighted by Gasteiger charge is -2.15. The van der Waals surface area contributed by atoms with Crippen molar-refractivity contribution in [3.8, 4) is 11.1 Å². The summed E-state index contributed by atoms with van der Waals surface area (Å²) in [4.78, 5) is 10.1. The summed E-state index contributed by atoms with van der Waals surface area (Å²) in [6.07, 6.45) is 2.69. The molecular formula is C23H23N3S. The van der Waals surface area contributed by atoms with Gasteiger partial charge in [-0.2, -0.15) is 0 Å². The Morgan fingerprint density at radius 1 is 1.00 bits per heavy atom. The minimum Gasteiger partial charge on any atom is -0.339 e. The lowest BCUT2D eigenvalue weighted by atomic mass is 10.0. The van der Waals surface area contributed by atoms with E-state index in [1.165, 1.54) is 22.3 Å². The lowest BCUT2D eigenvalue weighted by molar-refractivity contribution is 0.869. The van der Waals surface area contributed by atoms with Crippen molar-refractivity contribution < 1.29 is 0 Å². The molecule has 0 fully saturated rings. The summed E-state index contributed by atoms with van der Waals surface area (Å²) >= 11 is 1.66. The number of hydrogen-bond acceptors (Lipinski definition) is 4. The summed E-state index contributed by atoms with van der Waals surface area (Å²) in [6, 6.07) is 17.2. The largest absolute Gasteiger partial charge is 0.339 e. The molecule has 3 nitrogen and oxygen atoms in total. The maximum atomic E-state index is 4.58. The maximum absolute atomic E-state index is 4.58. The highest BCUT2D eigenvalue weighted by Crippen LogP contribution is 2.38. The fourth-order valence-electron chi connectivity index (χ4n) is 3.34. The number of aryl methyl sites for hydroxylation is 1. The molecule has 4 rings (SSSR count). The summed E-state index contributed by atoms with van der Waals surface area (Å²) in [7, 11) is 0. The number of nitrogens with one attached hydrogen (secondary N) is 1. The Morgan fingerprint density at radius 3 is 2.52 bits per heavy atom. The molecule has 0 saturated heterocycles. The number of rotatable bonds is 5. The quantitative estimate of drug-likeness (QED) is 0.418. The molecule has 2 aromatic heterocycles. The van der Waals surface area contributed by atoms with Crippen molar-refractivity contribution in [2.24, 2.45) is 0 Å². The molecule has 0 bridgehead atoms. The third kappa shape index (κ3) is 3.45. The van der Waals surface area contributed by atoms with E-state index in [0.717, 1.165) is 28.1 Å². The van der Waals surface area contributed by atoms with Crippen LogP contribution in [0, 0.1) is 0 Å². The number of benzene rings is 2. The zero-order chi connectivity index (χ0) is 18.8. The molecule has 2 heterocycles. The molecule has 0 aliphatic heterocycles. The molecule has 0 saturated carbocycles. The molecule has 4 heteroatoms. The predicted octanol–water partition coefficient (Wildman–Crippen LogP) is 6.79. The maximum Gasteiger partial charge on any atom is 0.143 e. The van der Waals surface area contributed by atoms with E-state index in [2.05, 4.69) is 90.0 Å². The Balaban J connectivity index is 1.81. The van der Waals surface area contributed by atoms with Crippen molar-refractivity contribution in [1.82, 2.24) is 9.97 Å². The minimum absolute atomic E-state index is 0.439. The SMILES string of the molecule is CCc1ccc(-c2csc3ncnc(Nc4ccccc4C(C)C)c23)cc1. The summed E-state index contributed by atoms with van der Waals surface area (Å²) in [6.45, 7) is 6.60. The molecule has 1 N–H and O–H groups in total. The van der Waals surface area contributed by atoms with E-state index >= 15 is 0 Å². The van der Waals surface area contributed by atoms with Gasteiger partial charge in [-0.3, -0.25) is 0 Å². The van der Waals surface area contributed by atoms with Gasteiger partial charge in [-0.05, 0) is 35.1 Å². The van der Waals surface area contributed by atoms with Crippen LogP contribution in [0.3, 0.4) is 0 Å². The van der Waals surface area contributed by atoms with E-state index in [1.807, 2.05) is 0 Å². The summed E-state index contributed by atoms with van der Waals surface area (Å²) < 4.78 is 0. The number of hydrogen-bond donors (Lipinski definition) is 1. The van der Waals surface area contributed by atoms with Gasteiger partial charge in [0.2, 0.25) is 0 Å². The summed E-state index contributed by atoms with van der Waals surface area (Å²) in [5.41, 5.74) is 6.12. The molecular weight excluding hydrogens is 350 g/mol.